The summed E-state index contributed by atoms with van der Waals surface area (Å²) in [6, 6.07) is 16.6. The number of halogens is 1. The number of pyridine rings is 1. The van der Waals surface area contributed by atoms with Gasteiger partial charge in [0.15, 0.2) is 0 Å². The standard InChI is InChI=1S/C27H24FNS/c1-15-6-7-18-19-10-11-29-26(21(19)9-8-20(18)25(15)28)17-13-23(27(3,4)5)22-12-16(2)30-24(22)14-17/h6-14H,1-5H3. The summed E-state index contributed by atoms with van der Waals surface area (Å²) in [5.74, 6) is -0.140. The lowest BCUT2D eigenvalue weighted by atomic mass is 9.83. The minimum atomic E-state index is -0.140. The molecular formula is C27H24FNS. The maximum atomic E-state index is 14.7. The highest BCUT2D eigenvalue weighted by atomic mass is 32.1. The van der Waals surface area contributed by atoms with Crippen LogP contribution in [0.15, 0.2) is 54.7 Å². The monoisotopic (exact) mass is 413 g/mol. The summed E-state index contributed by atoms with van der Waals surface area (Å²) in [6.07, 6.45) is 1.84. The van der Waals surface area contributed by atoms with Crippen molar-refractivity contribution in [3.8, 4) is 11.3 Å². The Hall–Kier alpha value is -2.78. The zero-order valence-corrected chi connectivity index (χ0v) is 18.7. The Morgan fingerprint density at radius 1 is 0.800 bits per heavy atom. The van der Waals surface area contributed by atoms with Crippen LogP contribution in [0.2, 0.25) is 0 Å². The Kier molecular flexibility index (Phi) is 4.23. The Balaban J connectivity index is 1.85. The third kappa shape index (κ3) is 2.92. The number of aryl methyl sites for hydroxylation is 2. The van der Waals surface area contributed by atoms with E-state index in [4.69, 9.17) is 4.98 Å². The van der Waals surface area contributed by atoms with Crippen LogP contribution in [0.3, 0.4) is 0 Å². The number of nitrogens with zero attached hydrogens (tertiary/aromatic N) is 1. The maximum Gasteiger partial charge on any atom is 0.133 e. The van der Waals surface area contributed by atoms with Crippen LogP contribution in [-0.2, 0) is 5.41 Å². The molecule has 3 heteroatoms. The van der Waals surface area contributed by atoms with Gasteiger partial charge < -0.3 is 0 Å². The third-order valence-corrected chi connectivity index (χ3v) is 6.91. The molecule has 1 nitrogen and oxygen atoms in total. The van der Waals surface area contributed by atoms with Crippen molar-refractivity contribution < 1.29 is 4.39 Å². The molecule has 0 unspecified atom stereocenters. The molecule has 30 heavy (non-hydrogen) atoms. The highest BCUT2D eigenvalue weighted by molar-refractivity contribution is 7.19. The second kappa shape index (κ2) is 6.61. The number of hydrogen-bond donors (Lipinski definition) is 0. The molecule has 2 heterocycles. The Morgan fingerprint density at radius 2 is 1.50 bits per heavy atom. The molecule has 0 bridgehead atoms. The molecule has 5 rings (SSSR count). The molecule has 150 valence electrons. The molecule has 0 saturated heterocycles. The van der Waals surface area contributed by atoms with Gasteiger partial charge in [-0.2, -0.15) is 0 Å². The van der Waals surface area contributed by atoms with Gasteiger partial charge in [0.2, 0.25) is 0 Å². The van der Waals surface area contributed by atoms with Gasteiger partial charge in [-0.25, -0.2) is 4.39 Å². The minimum absolute atomic E-state index is 0.0275. The van der Waals surface area contributed by atoms with Crippen LogP contribution in [0.5, 0.6) is 0 Å². The molecule has 2 aromatic heterocycles. The molecule has 0 atom stereocenters. The fourth-order valence-electron chi connectivity index (χ4n) is 4.40. The second-order valence-electron chi connectivity index (χ2n) is 9.15. The van der Waals surface area contributed by atoms with Gasteiger partial charge in [0, 0.05) is 32.1 Å². The SMILES string of the molecule is Cc1cc2c(C(C)(C)C)cc(-c3nccc4c3ccc3c(F)c(C)ccc34)cc2s1. The predicted molar refractivity (Wildman–Crippen MR) is 128 cm³/mol. The van der Waals surface area contributed by atoms with Crippen molar-refractivity contribution in [1.29, 1.82) is 0 Å². The first-order chi connectivity index (χ1) is 14.2. The summed E-state index contributed by atoms with van der Waals surface area (Å²) >= 11 is 1.83. The van der Waals surface area contributed by atoms with E-state index < -0.39 is 0 Å². The van der Waals surface area contributed by atoms with Gasteiger partial charge in [-0.05, 0) is 70.8 Å². The van der Waals surface area contributed by atoms with Crippen molar-refractivity contribution in [3.63, 3.8) is 0 Å². The molecule has 0 spiro atoms. The summed E-state index contributed by atoms with van der Waals surface area (Å²) < 4.78 is 16.0. The molecule has 3 aromatic carbocycles. The largest absolute Gasteiger partial charge is 0.256 e. The highest BCUT2D eigenvalue weighted by Crippen LogP contribution is 2.40. The van der Waals surface area contributed by atoms with Crippen LogP contribution in [-0.4, -0.2) is 4.98 Å². The molecule has 0 fully saturated rings. The van der Waals surface area contributed by atoms with Crippen molar-refractivity contribution in [2.45, 2.75) is 40.0 Å². The number of hydrogen-bond acceptors (Lipinski definition) is 2. The van der Waals surface area contributed by atoms with Crippen molar-refractivity contribution in [3.05, 3.63) is 76.5 Å². The molecule has 0 aliphatic carbocycles. The summed E-state index contributed by atoms with van der Waals surface area (Å²) in [7, 11) is 0. The van der Waals surface area contributed by atoms with Gasteiger partial charge >= 0.3 is 0 Å². The summed E-state index contributed by atoms with van der Waals surface area (Å²) in [6.45, 7) is 10.7. The van der Waals surface area contributed by atoms with Gasteiger partial charge in [0.25, 0.3) is 0 Å². The molecule has 0 radical (unpaired) electrons. The van der Waals surface area contributed by atoms with E-state index in [-0.39, 0.29) is 11.2 Å². The Labute approximate surface area is 180 Å². The second-order valence-corrected chi connectivity index (χ2v) is 10.4. The molecular weight excluding hydrogens is 389 g/mol. The number of aromatic nitrogens is 1. The van der Waals surface area contributed by atoms with Crippen LogP contribution in [0.25, 0.3) is 42.9 Å². The number of fused-ring (bicyclic) bond motifs is 4. The van der Waals surface area contributed by atoms with Gasteiger partial charge in [0.05, 0.1) is 5.69 Å². The van der Waals surface area contributed by atoms with Gasteiger partial charge in [-0.1, -0.05) is 45.0 Å². The van der Waals surface area contributed by atoms with Gasteiger partial charge in [0.1, 0.15) is 5.82 Å². The van der Waals surface area contributed by atoms with E-state index in [0.717, 1.165) is 27.4 Å². The summed E-state index contributed by atoms with van der Waals surface area (Å²) in [5.41, 5.74) is 4.10. The third-order valence-electron chi connectivity index (χ3n) is 5.91. The predicted octanol–water partition coefficient (Wildman–Crippen LogP) is 8.32. The van der Waals surface area contributed by atoms with E-state index in [1.54, 1.807) is 0 Å². The normalized spacial score (nSPS) is 12.3. The number of rotatable bonds is 1. The molecule has 0 aliphatic heterocycles. The molecule has 0 aliphatic rings. The highest BCUT2D eigenvalue weighted by Gasteiger charge is 2.21. The van der Waals surface area contributed by atoms with E-state index in [2.05, 4.69) is 45.9 Å². The quantitative estimate of drug-likeness (QED) is 0.252. The topological polar surface area (TPSA) is 12.9 Å². The van der Waals surface area contributed by atoms with Crippen LogP contribution < -0.4 is 0 Å². The Bertz CT molecular complexity index is 1450. The minimum Gasteiger partial charge on any atom is -0.256 e. The van der Waals surface area contributed by atoms with Gasteiger partial charge in [-0.3, -0.25) is 4.98 Å². The zero-order chi connectivity index (χ0) is 21.2. The number of benzene rings is 3. The first kappa shape index (κ1) is 19.2. The van der Waals surface area contributed by atoms with Crippen molar-refractivity contribution in [2.75, 3.05) is 0 Å². The average Bonchev–Trinajstić information content (AvgIpc) is 3.08. The van der Waals surface area contributed by atoms with E-state index in [0.29, 0.717) is 10.9 Å². The summed E-state index contributed by atoms with van der Waals surface area (Å²) in [4.78, 5) is 6.09. The van der Waals surface area contributed by atoms with Crippen molar-refractivity contribution >= 4 is 43.0 Å². The maximum absolute atomic E-state index is 14.7. The van der Waals surface area contributed by atoms with Gasteiger partial charge in [-0.15, -0.1) is 11.3 Å². The number of thiophene rings is 1. The van der Waals surface area contributed by atoms with E-state index >= 15 is 0 Å². The smallest absolute Gasteiger partial charge is 0.133 e. The fourth-order valence-corrected chi connectivity index (χ4v) is 5.38. The molecule has 0 amide bonds. The van der Waals surface area contributed by atoms with Crippen LogP contribution in [0.4, 0.5) is 4.39 Å². The Morgan fingerprint density at radius 3 is 2.27 bits per heavy atom. The zero-order valence-electron chi connectivity index (χ0n) is 17.9. The van der Waals surface area contributed by atoms with Crippen molar-refractivity contribution in [2.24, 2.45) is 0 Å². The first-order valence-corrected chi connectivity index (χ1v) is 11.1. The summed E-state index contributed by atoms with van der Waals surface area (Å²) in [5, 5.41) is 5.02. The molecule has 0 N–H and O–H groups in total. The van der Waals surface area contributed by atoms with Crippen LogP contribution in [0, 0.1) is 19.7 Å². The average molecular weight is 414 g/mol. The van der Waals surface area contributed by atoms with E-state index in [1.165, 1.54) is 20.5 Å². The van der Waals surface area contributed by atoms with E-state index in [9.17, 15) is 4.39 Å². The molecule has 0 saturated carbocycles. The van der Waals surface area contributed by atoms with Crippen molar-refractivity contribution in [1.82, 2.24) is 4.98 Å². The lowest BCUT2D eigenvalue weighted by Crippen LogP contribution is -2.11. The molecule has 5 aromatic rings. The fraction of sp³-hybridized carbons (Fsp3) is 0.222. The van der Waals surface area contributed by atoms with Crippen LogP contribution >= 0.6 is 11.3 Å². The lowest BCUT2D eigenvalue weighted by molar-refractivity contribution is 0.596. The van der Waals surface area contributed by atoms with Crippen LogP contribution in [0.1, 0.15) is 36.8 Å². The lowest BCUT2D eigenvalue weighted by Gasteiger charge is -2.21. The first-order valence-electron chi connectivity index (χ1n) is 10.3. The van der Waals surface area contributed by atoms with E-state index in [1.807, 2.05) is 54.8 Å².